The van der Waals surface area contributed by atoms with Gasteiger partial charge >= 0.3 is 0 Å². The Balaban J connectivity index is 1.26. The minimum Gasteiger partial charge on any atom is -0.457 e. The zero-order valence-electron chi connectivity index (χ0n) is 24.4. The second-order valence-electron chi connectivity index (χ2n) is 10.9. The van der Waals surface area contributed by atoms with Crippen LogP contribution >= 0.6 is 0 Å². The second-order valence-corrected chi connectivity index (χ2v) is 10.9. The predicted molar refractivity (Wildman–Crippen MR) is 173 cm³/mol. The van der Waals surface area contributed by atoms with E-state index < -0.39 is 0 Å². The third-order valence-corrected chi connectivity index (χ3v) is 7.69. The van der Waals surface area contributed by atoms with Gasteiger partial charge in [-0.1, -0.05) is 78.9 Å². The molecule has 1 aliphatic heterocycles. The molecule has 8 nitrogen and oxygen atoms in total. The summed E-state index contributed by atoms with van der Waals surface area (Å²) in [7, 11) is 0. The van der Waals surface area contributed by atoms with Gasteiger partial charge in [-0.25, -0.2) is 4.98 Å². The first kappa shape index (κ1) is 27.6. The van der Waals surface area contributed by atoms with Gasteiger partial charge in [0.25, 0.3) is 0 Å². The number of rotatable bonds is 10. The van der Waals surface area contributed by atoms with Crippen LogP contribution in [-0.4, -0.2) is 26.1 Å². The van der Waals surface area contributed by atoms with E-state index in [1.54, 1.807) is 0 Å². The minimum absolute atomic E-state index is 0.101. The third kappa shape index (κ3) is 6.40. The number of ether oxygens (including phenoxy) is 2. The molecule has 1 unspecified atom stereocenters. The van der Waals surface area contributed by atoms with Gasteiger partial charge in [0.05, 0.1) is 6.33 Å². The maximum absolute atomic E-state index is 6.16. The number of nitrogens with one attached hydrogen (secondary N) is 1. The van der Waals surface area contributed by atoms with Gasteiger partial charge in [0, 0.05) is 25.4 Å². The molecule has 6 aromatic rings. The average molecular weight is 583 g/mol. The number of aromatic nitrogens is 4. The lowest BCUT2D eigenvalue weighted by Crippen LogP contribution is -2.24. The number of nitrogens with zero attached hydrogens (tertiary/aromatic N) is 5. The first-order valence-electron chi connectivity index (χ1n) is 15.1. The predicted octanol–water partition coefficient (Wildman–Crippen LogP) is 8.27. The van der Waals surface area contributed by atoms with E-state index in [1.165, 1.54) is 11.1 Å². The van der Waals surface area contributed by atoms with E-state index in [0.717, 1.165) is 60.0 Å². The summed E-state index contributed by atoms with van der Waals surface area (Å²) in [5.74, 6) is 2.81. The zero-order chi connectivity index (χ0) is 29.6. The molecule has 4 aromatic carbocycles. The molecule has 7 rings (SSSR count). The van der Waals surface area contributed by atoms with Crippen LogP contribution in [0.5, 0.6) is 11.5 Å². The molecule has 0 radical (unpaired) electrons. The van der Waals surface area contributed by atoms with E-state index in [2.05, 4.69) is 63.3 Å². The summed E-state index contributed by atoms with van der Waals surface area (Å²) in [5.41, 5.74) is 4.73. The van der Waals surface area contributed by atoms with Crippen LogP contribution in [0.3, 0.4) is 0 Å². The average Bonchev–Trinajstić information content (AvgIpc) is 3.51. The monoisotopic (exact) mass is 582 g/mol. The molecule has 1 saturated heterocycles. The molecule has 44 heavy (non-hydrogen) atoms. The highest BCUT2D eigenvalue weighted by molar-refractivity contribution is 5.85. The molecule has 0 bridgehead atoms. The molecule has 3 heterocycles. The summed E-state index contributed by atoms with van der Waals surface area (Å²) in [6.07, 6.45) is 4.85. The van der Waals surface area contributed by atoms with Crippen molar-refractivity contribution >= 4 is 28.6 Å². The first-order chi connectivity index (χ1) is 21.8. The van der Waals surface area contributed by atoms with Crippen molar-refractivity contribution in [1.82, 2.24) is 19.5 Å². The van der Waals surface area contributed by atoms with Gasteiger partial charge in [0.15, 0.2) is 17.0 Å². The van der Waals surface area contributed by atoms with E-state index in [9.17, 15) is 0 Å². The molecule has 1 N–H and O–H groups in total. The van der Waals surface area contributed by atoms with Gasteiger partial charge in [-0.05, 0) is 66.8 Å². The number of hydrogen-bond donors (Lipinski definition) is 1. The molecular formula is C36H34N6O2. The fourth-order valence-electron chi connectivity index (χ4n) is 5.51. The zero-order valence-corrected chi connectivity index (χ0v) is 24.4. The second kappa shape index (κ2) is 13.0. The Kier molecular flexibility index (Phi) is 8.14. The fraction of sp³-hybridized carbons (Fsp3) is 0.194. The van der Waals surface area contributed by atoms with Gasteiger partial charge in [-0.3, -0.25) is 4.57 Å². The standard InChI is InChI=1S/C36H34N6O2/c1-4-12-27(13-5-1)24-41(25-28-14-6-2-7-15-28)34-33-35(42(26-37-33)32-18-10-11-23-43-32)40-36(39-34)38-29-19-21-31(22-20-29)44-30-16-8-3-9-17-30/h1-9,12-17,19-22,26,32H,10-11,18,23-25H2,(H,38,39,40). The van der Waals surface area contributed by atoms with Gasteiger partial charge in [-0.2, -0.15) is 9.97 Å². The van der Waals surface area contributed by atoms with E-state index >= 15 is 0 Å². The lowest BCUT2D eigenvalue weighted by Gasteiger charge is -2.26. The number of imidazole rings is 1. The number of benzene rings is 4. The fourth-order valence-corrected chi connectivity index (χ4v) is 5.51. The summed E-state index contributed by atoms with van der Waals surface area (Å²) in [4.78, 5) is 17.2. The van der Waals surface area contributed by atoms with Crippen molar-refractivity contribution in [2.45, 2.75) is 38.6 Å². The highest BCUT2D eigenvalue weighted by Gasteiger charge is 2.24. The van der Waals surface area contributed by atoms with Crippen molar-refractivity contribution in [3.05, 3.63) is 133 Å². The summed E-state index contributed by atoms with van der Waals surface area (Å²) < 4.78 is 14.2. The van der Waals surface area contributed by atoms with Crippen LogP contribution in [0.25, 0.3) is 11.2 Å². The number of hydrogen-bond acceptors (Lipinski definition) is 7. The summed E-state index contributed by atoms with van der Waals surface area (Å²) in [5, 5.41) is 3.44. The normalized spacial score (nSPS) is 14.8. The minimum atomic E-state index is -0.101. The van der Waals surface area contributed by atoms with Crippen molar-refractivity contribution in [3.8, 4) is 11.5 Å². The van der Waals surface area contributed by atoms with Crippen LogP contribution in [0, 0.1) is 0 Å². The molecule has 8 heteroatoms. The first-order valence-corrected chi connectivity index (χ1v) is 15.1. The molecule has 1 fully saturated rings. The third-order valence-electron chi connectivity index (χ3n) is 7.69. The highest BCUT2D eigenvalue weighted by Crippen LogP contribution is 2.32. The Morgan fingerprint density at radius 3 is 2.02 bits per heavy atom. The summed E-state index contributed by atoms with van der Waals surface area (Å²) >= 11 is 0. The summed E-state index contributed by atoms with van der Waals surface area (Å²) in [6.45, 7) is 2.07. The van der Waals surface area contributed by atoms with Gasteiger partial charge in [0.2, 0.25) is 5.95 Å². The van der Waals surface area contributed by atoms with E-state index in [1.807, 2.05) is 73.1 Å². The molecule has 1 aliphatic rings. The topological polar surface area (TPSA) is 77.3 Å². The Bertz CT molecular complexity index is 1750. The molecule has 2 aromatic heterocycles. The van der Waals surface area contributed by atoms with Crippen molar-refractivity contribution < 1.29 is 9.47 Å². The lowest BCUT2D eigenvalue weighted by atomic mass is 10.1. The van der Waals surface area contributed by atoms with Gasteiger partial charge in [0.1, 0.15) is 17.7 Å². The molecule has 1 atom stereocenters. The van der Waals surface area contributed by atoms with Crippen LogP contribution in [0.2, 0.25) is 0 Å². The molecule has 0 aliphatic carbocycles. The molecular weight excluding hydrogens is 548 g/mol. The van der Waals surface area contributed by atoms with Gasteiger partial charge in [-0.15, -0.1) is 0 Å². The van der Waals surface area contributed by atoms with Crippen LogP contribution < -0.4 is 15.0 Å². The lowest BCUT2D eigenvalue weighted by molar-refractivity contribution is -0.0298. The Morgan fingerprint density at radius 1 is 0.750 bits per heavy atom. The molecule has 220 valence electrons. The largest absolute Gasteiger partial charge is 0.457 e. The van der Waals surface area contributed by atoms with Crippen molar-refractivity contribution in [2.24, 2.45) is 0 Å². The van der Waals surface area contributed by atoms with Gasteiger partial charge < -0.3 is 19.7 Å². The van der Waals surface area contributed by atoms with Crippen LogP contribution in [0.4, 0.5) is 17.5 Å². The van der Waals surface area contributed by atoms with Crippen molar-refractivity contribution in [3.63, 3.8) is 0 Å². The number of para-hydroxylation sites is 1. The molecule has 0 spiro atoms. The molecule has 0 amide bonds. The Morgan fingerprint density at radius 2 is 1.39 bits per heavy atom. The maximum atomic E-state index is 6.16. The van der Waals surface area contributed by atoms with Crippen molar-refractivity contribution in [1.29, 1.82) is 0 Å². The smallest absolute Gasteiger partial charge is 0.231 e. The number of anilines is 3. The molecule has 0 saturated carbocycles. The van der Waals surface area contributed by atoms with Crippen LogP contribution in [-0.2, 0) is 17.8 Å². The Labute approximate surface area is 257 Å². The van der Waals surface area contributed by atoms with E-state index in [0.29, 0.717) is 19.0 Å². The van der Waals surface area contributed by atoms with E-state index in [-0.39, 0.29) is 6.23 Å². The van der Waals surface area contributed by atoms with Crippen LogP contribution in [0.15, 0.2) is 122 Å². The van der Waals surface area contributed by atoms with Crippen molar-refractivity contribution in [2.75, 3.05) is 16.8 Å². The highest BCUT2D eigenvalue weighted by atomic mass is 16.5. The number of fused-ring (bicyclic) bond motifs is 1. The van der Waals surface area contributed by atoms with E-state index in [4.69, 9.17) is 24.4 Å². The van der Waals surface area contributed by atoms with Crippen LogP contribution in [0.1, 0.15) is 36.6 Å². The SMILES string of the molecule is c1ccc(CN(Cc2ccccc2)c2nc(Nc3ccc(Oc4ccccc4)cc3)nc3c2ncn3C2CCCCO2)cc1. The quantitative estimate of drug-likeness (QED) is 0.174. The summed E-state index contributed by atoms with van der Waals surface area (Å²) in [6, 6.07) is 38.5. The maximum Gasteiger partial charge on any atom is 0.231 e. The Hall–Kier alpha value is -5.21.